The third kappa shape index (κ3) is 4.04. The van der Waals surface area contributed by atoms with Gasteiger partial charge in [0.1, 0.15) is 0 Å². The van der Waals surface area contributed by atoms with E-state index in [1.165, 1.54) is 5.56 Å². The molecule has 0 spiro atoms. The lowest BCUT2D eigenvalue weighted by Gasteiger charge is -2.37. The molecule has 0 radical (unpaired) electrons. The van der Waals surface area contributed by atoms with E-state index in [0.29, 0.717) is 13.0 Å². The number of benzene rings is 2. The van der Waals surface area contributed by atoms with Crippen LogP contribution < -0.4 is 0 Å². The Morgan fingerprint density at radius 1 is 1.03 bits per heavy atom. The molecule has 1 atom stereocenters. The van der Waals surface area contributed by atoms with Gasteiger partial charge in [-0.25, -0.2) is 0 Å². The molecule has 2 aromatic carbocycles. The number of aliphatic hydroxyl groups excluding tert-OH is 1. The van der Waals surface area contributed by atoms with Crippen molar-refractivity contribution in [3.63, 3.8) is 0 Å². The van der Waals surface area contributed by atoms with E-state index in [-0.39, 0.29) is 28.4 Å². The topological polar surface area (TPSA) is 57.6 Å². The smallest absolute Gasteiger partial charge is 0.290 e. The largest absolute Gasteiger partial charge is 0.503 e. The van der Waals surface area contributed by atoms with Gasteiger partial charge in [0.05, 0.1) is 11.6 Å². The van der Waals surface area contributed by atoms with E-state index in [1.807, 2.05) is 62.4 Å². The predicted molar refractivity (Wildman–Crippen MR) is 122 cm³/mol. The maximum absolute atomic E-state index is 13.3. The Morgan fingerprint density at radius 2 is 1.61 bits per heavy atom. The SMILES string of the molecule is CC(C)CC(=O)C1=C(O)C(=O)N(CC2(c3ccccc3)CCCC2)C1c1ccccc1. The van der Waals surface area contributed by atoms with Crippen LogP contribution in [-0.2, 0) is 15.0 Å². The van der Waals surface area contributed by atoms with Crippen molar-refractivity contribution in [3.8, 4) is 0 Å². The van der Waals surface area contributed by atoms with Crippen molar-refractivity contribution < 1.29 is 14.7 Å². The number of amides is 1. The molecule has 2 aromatic rings. The van der Waals surface area contributed by atoms with E-state index < -0.39 is 11.9 Å². The number of hydrogen-bond donors (Lipinski definition) is 1. The lowest BCUT2D eigenvalue weighted by atomic mass is 9.78. The van der Waals surface area contributed by atoms with Crippen LogP contribution >= 0.6 is 0 Å². The van der Waals surface area contributed by atoms with Crippen LogP contribution in [0.25, 0.3) is 0 Å². The highest BCUT2D eigenvalue weighted by atomic mass is 16.3. The van der Waals surface area contributed by atoms with Crippen molar-refractivity contribution in [2.75, 3.05) is 6.54 Å². The third-order valence-corrected chi connectivity index (χ3v) is 6.73. The summed E-state index contributed by atoms with van der Waals surface area (Å²) in [7, 11) is 0. The van der Waals surface area contributed by atoms with E-state index in [9.17, 15) is 14.7 Å². The highest BCUT2D eigenvalue weighted by molar-refractivity contribution is 6.09. The molecule has 4 nitrogen and oxygen atoms in total. The van der Waals surface area contributed by atoms with Crippen molar-refractivity contribution in [2.24, 2.45) is 5.92 Å². The fraction of sp³-hybridized carbons (Fsp3) is 0.407. The molecule has 1 amide bonds. The number of aliphatic hydroxyl groups is 1. The van der Waals surface area contributed by atoms with E-state index >= 15 is 0 Å². The molecule has 1 saturated carbocycles. The van der Waals surface area contributed by atoms with Gasteiger partial charge in [0.2, 0.25) is 0 Å². The average molecular weight is 418 g/mol. The molecule has 0 saturated heterocycles. The molecule has 31 heavy (non-hydrogen) atoms. The second-order valence-corrected chi connectivity index (χ2v) is 9.38. The van der Waals surface area contributed by atoms with Gasteiger partial charge in [0.15, 0.2) is 11.5 Å². The summed E-state index contributed by atoms with van der Waals surface area (Å²) in [6.45, 7) is 4.45. The zero-order valence-electron chi connectivity index (χ0n) is 18.4. The third-order valence-electron chi connectivity index (χ3n) is 6.73. The molecule has 162 valence electrons. The Labute approximate surface area is 184 Å². The number of nitrogens with zero attached hydrogens (tertiary/aromatic N) is 1. The van der Waals surface area contributed by atoms with Crippen LogP contribution in [0.1, 0.15) is 63.1 Å². The first-order valence-corrected chi connectivity index (χ1v) is 11.3. The Kier molecular flexibility index (Phi) is 5.99. The molecule has 1 unspecified atom stereocenters. The summed E-state index contributed by atoms with van der Waals surface area (Å²) in [6.07, 6.45) is 4.54. The van der Waals surface area contributed by atoms with Gasteiger partial charge in [-0.2, -0.15) is 0 Å². The monoisotopic (exact) mass is 417 g/mol. The molecule has 1 aliphatic carbocycles. The van der Waals surface area contributed by atoms with Gasteiger partial charge in [0.25, 0.3) is 5.91 Å². The highest BCUT2D eigenvalue weighted by Gasteiger charge is 2.47. The average Bonchev–Trinajstić information content (AvgIpc) is 3.34. The van der Waals surface area contributed by atoms with Crippen LogP contribution in [0.5, 0.6) is 0 Å². The van der Waals surface area contributed by atoms with Gasteiger partial charge < -0.3 is 10.0 Å². The minimum atomic E-state index is -0.541. The van der Waals surface area contributed by atoms with Gasteiger partial charge in [-0.3, -0.25) is 9.59 Å². The normalized spacial score (nSPS) is 20.7. The number of Topliss-reactive ketones (excluding diaryl/α,β-unsaturated/α-hetero) is 1. The molecule has 4 rings (SSSR count). The van der Waals surface area contributed by atoms with Gasteiger partial charge in [-0.1, -0.05) is 87.4 Å². The van der Waals surface area contributed by atoms with E-state index in [2.05, 4.69) is 12.1 Å². The zero-order valence-corrected chi connectivity index (χ0v) is 18.4. The maximum Gasteiger partial charge on any atom is 0.290 e. The zero-order chi connectivity index (χ0) is 22.0. The minimum absolute atomic E-state index is 0.141. The Morgan fingerprint density at radius 3 is 2.19 bits per heavy atom. The van der Waals surface area contributed by atoms with Gasteiger partial charge in [0, 0.05) is 18.4 Å². The summed E-state index contributed by atoms with van der Waals surface area (Å²) < 4.78 is 0. The number of hydrogen-bond acceptors (Lipinski definition) is 3. The summed E-state index contributed by atoms with van der Waals surface area (Å²) >= 11 is 0. The predicted octanol–water partition coefficient (Wildman–Crippen LogP) is 5.51. The number of ketones is 1. The maximum atomic E-state index is 13.3. The lowest BCUT2D eigenvalue weighted by molar-refractivity contribution is -0.130. The second-order valence-electron chi connectivity index (χ2n) is 9.38. The summed E-state index contributed by atoms with van der Waals surface area (Å²) in [5.41, 5.74) is 2.20. The molecular weight excluding hydrogens is 386 g/mol. The highest BCUT2D eigenvalue weighted by Crippen LogP contribution is 2.46. The summed E-state index contributed by atoms with van der Waals surface area (Å²) in [5.74, 6) is -0.792. The molecule has 1 fully saturated rings. The quantitative estimate of drug-likeness (QED) is 0.646. The van der Waals surface area contributed by atoms with E-state index in [0.717, 1.165) is 31.2 Å². The molecular formula is C27H31NO3. The number of carbonyl (C=O) groups excluding carboxylic acids is 2. The summed E-state index contributed by atoms with van der Waals surface area (Å²) in [6, 6.07) is 19.5. The molecule has 4 heteroatoms. The van der Waals surface area contributed by atoms with Crippen LogP contribution in [0.2, 0.25) is 0 Å². The second kappa shape index (κ2) is 8.70. The molecule has 0 bridgehead atoms. The Bertz CT molecular complexity index is 972. The first-order valence-electron chi connectivity index (χ1n) is 11.3. The van der Waals surface area contributed by atoms with Crippen molar-refractivity contribution in [1.82, 2.24) is 4.90 Å². The van der Waals surface area contributed by atoms with Crippen molar-refractivity contribution in [1.29, 1.82) is 0 Å². The van der Waals surface area contributed by atoms with Gasteiger partial charge in [-0.15, -0.1) is 0 Å². The van der Waals surface area contributed by atoms with Crippen molar-refractivity contribution in [2.45, 2.75) is 57.4 Å². The fourth-order valence-electron chi connectivity index (χ4n) is 5.27. The molecule has 1 N–H and O–H groups in total. The molecule has 1 heterocycles. The van der Waals surface area contributed by atoms with Gasteiger partial charge >= 0.3 is 0 Å². The van der Waals surface area contributed by atoms with E-state index in [1.54, 1.807) is 4.90 Å². The first kappa shape index (κ1) is 21.4. The van der Waals surface area contributed by atoms with Gasteiger partial charge in [-0.05, 0) is 29.9 Å². The van der Waals surface area contributed by atoms with Crippen LogP contribution in [0.3, 0.4) is 0 Å². The van der Waals surface area contributed by atoms with Crippen molar-refractivity contribution >= 4 is 11.7 Å². The minimum Gasteiger partial charge on any atom is -0.503 e. The number of carbonyl (C=O) groups is 2. The van der Waals surface area contributed by atoms with Crippen molar-refractivity contribution in [3.05, 3.63) is 83.1 Å². The van der Waals surface area contributed by atoms with Crippen LogP contribution in [-0.4, -0.2) is 28.2 Å². The fourth-order valence-corrected chi connectivity index (χ4v) is 5.27. The van der Waals surface area contributed by atoms with Crippen LogP contribution in [0, 0.1) is 5.92 Å². The molecule has 2 aliphatic rings. The number of rotatable bonds is 7. The Balaban J connectivity index is 1.76. The molecule has 1 aliphatic heterocycles. The van der Waals surface area contributed by atoms with E-state index in [4.69, 9.17) is 0 Å². The summed E-state index contributed by atoms with van der Waals surface area (Å²) in [5, 5.41) is 10.8. The summed E-state index contributed by atoms with van der Waals surface area (Å²) in [4.78, 5) is 28.2. The lowest BCUT2D eigenvalue weighted by Crippen LogP contribution is -2.42. The Hall–Kier alpha value is -2.88. The standard InChI is InChI=1S/C27H31NO3/c1-19(2)17-22(29)23-24(20-11-5-3-6-12-20)28(26(31)25(23)30)18-27(15-9-10-16-27)21-13-7-4-8-14-21/h3-8,11-14,19,24,30H,9-10,15-18H2,1-2H3. The van der Waals surface area contributed by atoms with Crippen LogP contribution in [0.4, 0.5) is 0 Å². The molecule has 0 aromatic heterocycles. The van der Waals surface area contributed by atoms with Crippen LogP contribution in [0.15, 0.2) is 72.0 Å². The first-order chi connectivity index (χ1) is 14.9.